The van der Waals surface area contributed by atoms with Crippen LogP contribution in [0.1, 0.15) is 25.8 Å². The molecule has 1 rings (SSSR count). The number of amides is 1. The van der Waals surface area contributed by atoms with E-state index in [1.54, 1.807) is 13.8 Å². The third-order valence-corrected chi connectivity index (χ3v) is 3.27. The Morgan fingerprint density at radius 3 is 2.62 bits per heavy atom. The second-order valence-corrected chi connectivity index (χ2v) is 5.73. The molecule has 0 aliphatic heterocycles. The fraction of sp³-hybridized carbons (Fsp3) is 0.562. The van der Waals surface area contributed by atoms with Crippen molar-refractivity contribution in [3.05, 3.63) is 35.9 Å². The molecule has 0 fully saturated rings. The van der Waals surface area contributed by atoms with Gasteiger partial charge in [-0.3, -0.25) is 4.79 Å². The highest BCUT2D eigenvalue weighted by Gasteiger charge is 2.32. The molecule has 1 aromatic carbocycles. The predicted molar refractivity (Wildman–Crippen MR) is 80.6 cm³/mol. The number of carbonyl (C=O) groups excluding carboxylic acids is 1. The Bertz CT molecular complexity index is 420. The van der Waals surface area contributed by atoms with Crippen LogP contribution in [0.3, 0.4) is 0 Å². The van der Waals surface area contributed by atoms with E-state index in [-0.39, 0.29) is 6.61 Å². The molecule has 21 heavy (non-hydrogen) atoms. The van der Waals surface area contributed by atoms with Gasteiger partial charge >= 0.3 is 0 Å². The molecule has 118 valence electrons. The largest absolute Gasteiger partial charge is 0.396 e. The number of rotatable bonds is 9. The average molecular weight is 295 g/mol. The van der Waals surface area contributed by atoms with Gasteiger partial charge < -0.3 is 20.3 Å². The summed E-state index contributed by atoms with van der Waals surface area (Å²) < 4.78 is 5.50. The van der Waals surface area contributed by atoms with Gasteiger partial charge in [0, 0.05) is 18.6 Å². The van der Waals surface area contributed by atoms with Crippen LogP contribution in [-0.2, 0) is 16.1 Å². The summed E-state index contributed by atoms with van der Waals surface area (Å²) in [6, 6.07) is 9.87. The van der Waals surface area contributed by atoms with Gasteiger partial charge in [-0.15, -0.1) is 0 Å². The molecule has 5 nitrogen and oxygen atoms in total. The Labute approximate surface area is 125 Å². The maximum absolute atomic E-state index is 11.7. The summed E-state index contributed by atoms with van der Waals surface area (Å²) in [7, 11) is 0. The van der Waals surface area contributed by atoms with Gasteiger partial charge in [-0.1, -0.05) is 44.2 Å². The van der Waals surface area contributed by atoms with Crippen molar-refractivity contribution in [2.45, 2.75) is 33.0 Å². The Morgan fingerprint density at radius 2 is 2.00 bits per heavy atom. The van der Waals surface area contributed by atoms with Crippen molar-refractivity contribution >= 4 is 5.91 Å². The highest BCUT2D eigenvalue weighted by Crippen LogP contribution is 2.19. The molecule has 1 atom stereocenters. The van der Waals surface area contributed by atoms with Crippen LogP contribution in [0.2, 0.25) is 0 Å². The minimum absolute atomic E-state index is 0.248. The Balaban J connectivity index is 2.13. The number of ether oxygens (including phenoxy) is 1. The zero-order chi connectivity index (χ0) is 15.7. The number of hydrogen-bond acceptors (Lipinski definition) is 4. The molecular weight excluding hydrogens is 270 g/mol. The summed E-state index contributed by atoms with van der Waals surface area (Å²) in [5.41, 5.74) is 0.273. The van der Waals surface area contributed by atoms with Crippen LogP contribution < -0.4 is 5.32 Å². The fourth-order valence-corrected chi connectivity index (χ4v) is 1.69. The lowest BCUT2D eigenvalue weighted by Crippen LogP contribution is -2.45. The smallest absolute Gasteiger partial charge is 0.249 e. The minimum atomic E-state index is -1.22. The second kappa shape index (κ2) is 8.77. The monoisotopic (exact) mass is 295 g/mol. The van der Waals surface area contributed by atoms with E-state index in [0.717, 1.165) is 5.56 Å². The highest BCUT2D eigenvalue weighted by molar-refractivity contribution is 5.81. The van der Waals surface area contributed by atoms with Gasteiger partial charge in [0.1, 0.15) is 6.10 Å². The van der Waals surface area contributed by atoms with Crippen molar-refractivity contribution in [3.63, 3.8) is 0 Å². The molecule has 0 radical (unpaired) electrons. The van der Waals surface area contributed by atoms with Gasteiger partial charge in [-0.25, -0.2) is 0 Å². The first-order valence-corrected chi connectivity index (χ1v) is 7.15. The lowest BCUT2D eigenvalue weighted by Gasteiger charge is -2.27. The van der Waals surface area contributed by atoms with Crippen LogP contribution >= 0.6 is 0 Å². The first-order chi connectivity index (χ1) is 9.97. The van der Waals surface area contributed by atoms with Crippen molar-refractivity contribution in [3.8, 4) is 0 Å². The molecule has 0 saturated carbocycles. The van der Waals surface area contributed by atoms with Crippen molar-refractivity contribution in [1.29, 1.82) is 0 Å². The lowest BCUT2D eigenvalue weighted by molar-refractivity contribution is -0.137. The maximum Gasteiger partial charge on any atom is 0.249 e. The van der Waals surface area contributed by atoms with Crippen LogP contribution in [0.5, 0.6) is 0 Å². The molecule has 0 bridgehead atoms. The van der Waals surface area contributed by atoms with E-state index >= 15 is 0 Å². The molecule has 0 saturated heterocycles. The van der Waals surface area contributed by atoms with Crippen LogP contribution in [0, 0.1) is 5.41 Å². The van der Waals surface area contributed by atoms with Gasteiger partial charge in [0.25, 0.3) is 0 Å². The molecule has 5 heteroatoms. The number of hydrogen-bond donors (Lipinski definition) is 3. The predicted octanol–water partition coefficient (Wildman–Crippen LogP) is 1.09. The number of aliphatic hydroxyl groups is 2. The van der Waals surface area contributed by atoms with Crippen LogP contribution in [0.4, 0.5) is 0 Å². The van der Waals surface area contributed by atoms with Gasteiger partial charge in [-0.05, 0) is 12.0 Å². The van der Waals surface area contributed by atoms with Gasteiger partial charge in [-0.2, -0.15) is 0 Å². The van der Waals surface area contributed by atoms with Crippen molar-refractivity contribution < 1.29 is 19.7 Å². The van der Waals surface area contributed by atoms with Crippen molar-refractivity contribution in [1.82, 2.24) is 5.32 Å². The number of benzene rings is 1. The van der Waals surface area contributed by atoms with E-state index < -0.39 is 17.4 Å². The van der Waals surface area contributed by atoms with E-state index in [4.69, 9.17) is 9.84 Å². The molecule has 0 heterocycles. The molecule has 0 aliphatic carbocycles. The van der Waals surface area contributed by atoms with Crippen LogP contribution in [-0.4, -0.2) is 42.0 Å². The zero-order valence-corrected chi connectivity index (χ0v) is 12.7. The Kier molecular flexibility index (Phi) is 7.36. The van der Waals surface area contributed by atoms with Gasteiger partial charge in [0.05, 0.1) is 13.2 Å². The van der Waals surface area contributed by atoms with E-state index in [1.165, 1.54) is 0 Å². The summed E-state index contributed by atoms with van der Waals surface area (Å²) >= 11 is 0. The SMILES string of the molecule is CC(C)(CO)C(O)C(=O)NCCCOCc1ccccc1. The molecule has 1 amide bonds. The highest BCUT2D eigenvalue weighted by atomic mass is 16.5. The molecule has 1 aromatic rings. The maximum atomic E-state index is 11.7. The van der Waals surface area contributed by atoms with Gasteiger partial charge in [0.15, 0.2) is 0 Å². The van der Waals surface area contributed by atoms with Crippen molar-refractivity contribution in [2.75, 3.05) is 19.8 Å². The minimum Gasteiger partial charge on any atom is -0.396 e. The molecular formula is C16H25NO4. The average Bonchev–Trinajstić information content (AvgIpc) is 2.50. The molecule has 0 aliphatic rings. The number of carbonyl (C=O) groups is 1. The first kappa shape index (κ1) is 17.6. The normalized spacial score (nSPS) is 13.0. The summed E-state index contributed by atoms with van der Waals surface area (Å²) in [6.07, 6.45) is -0.544. The summed E-state index contributed by atoms with van der Waals surface area (Å²) in [5.74, 6) is -0.461. The standard InChI is InChI=1S/C16H25NO4/c1-16(2,12-18)14(19)15(20)17-9-6-10-21-11-13-7-4-3-5-8-13/h3-5,7-8,14,18-19H,6,9-12H2,1-2H3,(H,17,20). The summed E-state index contributed by atoms with van der Waals surface area (Å²) in [4.78, 5) is 11.7. The van der Waals surface area contributed by atoms with Gasteiger partial charge in [0.2, 0.25) is 5.91 Å². The Morgan fingerprint density at radius 1 is 1.33 bits per heavy atom. The molecule has 0 spiro atoms. The van der Waals surface area contributed by atoms with Crippen molar-refractivity contribution in [2.24, 2.45) is 5.41 Å². The summed E-state index contributed by atoms with van der Waals surface area (Å²) in [6.45, 7) is 4.55. The topological polar surface area (TPSA) is 78.8 Å². The quantitative estimate of drug-likeness (QED) is 0.596. The number of nitrogens with one attached hydrogen (secondary N) is 1. The lowest BCUT2D eigenvalue weighted by atomic mass is 9.87. The van der Waals surface area contributed by atoms with E-state index in [0.29, 0.717) is 26.2 Å². The summed E-state index contributed by atoms with van der Waals surface area (Å²) in [5, 5.41) is 21.5. The molecule has 1 unspecified atom stereocenters. The van der Waals surface area contributed by atoms with E-state index in [2.05, 4.69) is 5.32 Å². The Hall–Kier alpha value is -1.43. The number of aliphatic hydroxyl groups excluding tert-OH is 2. The third-order valence-electron chi connectivity index (χ3n) is 3.27. The zero-order valence-electron chi connectivity index (χ0n) is 12.7. The van der Waals surface area contributed by atoms with Crippen LogP contribution in [0.25, 0.3) is 0 Å². The third kappa shape index (κ3) is 6.25. The molecule has 0 aromatic heterocycles. The first-order valence-electron chi connectivity index (χ1n) is 7.15. The second-order valence-electron chi connectivity index (χ2n) is 5.73. The van der Waals surface area contributed by atoms with E-state index in [9.17, 15) is 9.90 Å². The molecule has 3 N–H and O–H groups in total. The van der Waals surface area contributed by atoms with Crippen LogP contribution in [0.15, 0.2) is 30.3 Å². The van der Waals surface area contributed by atoms with E-state index in [1.807, 2.05) is 30.3 Å². The fourth-order valence-electron chi connectivity index (χ4n) is 1.69.